The van der Waals surface area contributed by atoms with Crippen molar-refractivity contribution in [3.63, 3.8) is 0 Å². The normalized spacial score (nSPS) is 12.6. The predicted molar refractivity (Wildman–Crippen MR) is 79.4 cm³/mol. The summed E-state index contributed by atoms with van der Waals surface area (Å²) in [5, 5.41) is 4.61. The van der Waals surface area contributed by atoms with Gasteiger partial charge in [-0.3, -0.25) is 10.5 Å². The van der Waals surface area contributed by atoms with Crippen molar-refractivity contribution in [3.05, 3.63) is 52.1 Å². The van der Waals surface area contributed by atoms with Gasteiger partial charge < -0.3 is 4.74 Å². The summed E-state index contributed by atoms with van der Waals surface area (Å²) in [5.74, 6) is 5.29. The Balaban J connectivity index is 2.46. The summed E-state index contributed by atoms with van der Waals surface area (Å²) in [6.45, 7) is 2.86. The molecule has 0 aliphatic rings. The lowest BCUT2D eigenvalue weighted by Gasteiger charge is -2.20. The van der Waals surface area contributed by atoms with Crippen LogP contribution in [-0.4, -0.2) is 23.5 Å². The van der Waals surface area contributed by atoms with E-state index in [1.165, 1.54) is 12.3 Å². The minimum atomic E-state index is -0.586. The van der Waals surface area contributed by atoms with Gasteiger partial charge in [0.05, 0.1) is 36.1 Å². The van der Waals surface area contributed by atoms with E-state index in [1.54, 1.807) is 23.9 Å². The molecule has 0 fully saturated rings. The van der Waals surface area contributed by atoms with Gasteiger partial charge in [0.15, 0.2) is 0 Å². The van der Waals surface area contributed by atoms with E-state index in [9.17, 15) is 4.39 Å². The smallest absolute Gasteiger partial charge is 0.128 e. The highest BCUT2D eigenvalue weighted by Gasteiger charge is 2.23. The summed E-state index contributed by atoms with van der Waals surface area (Å²) >= 11 is 6.20. The second kappa shape index (κ2) is 7.00. The summed E-state index contributed by atoms with van der Waals surface area (Å²) < 4.78 is 20.8. The molecule has 0 radical (unpaired) electrons. The lowest BCUT2D eigenvalue weighted by Crippen LogP contribution is -2.32. The third kappa shape index (κ3) is 3.41. The zero-order valence-electron chi connectivity index (χ0n) is 11.9. The largest absolute Gasteiger partial charge is 0.383 e. The highest BCUT2D eigenvalue weighted by atomic mass is 35.5. The molecule has 2 aromatic rings. The molecule has 0 aliphatic heterocycles. The monoisotopic (exact) mass is 312 g/mol. The number of aryl methyl sites for hydroxylation is 1. The number of hydrazine groups is 1. The maximum atomic E-state index is 14.1. The molecule has 0 saturated heterocycles. The SMILES string of the molecule is COCCn1ncc(Cl)c1C(NN)c1cc(C)ccc1F. The number of nitrogens with two attached hydrogens (primary N) is 1. The van der Waals surface area contributed by atoms with Crippen LogP contribution in [0.5, 0.6) is 0 Å². The molecule has 7 heteroatoms. The van der Waals surface area contributed by atoms with Crippen LogP contribution in [0.1, 0.15) is 22.9 Å². The lowest BCUT2D eigenvalue weighted by atomic mass is 10.0. The maximum absolute atomic E-state index is 14.1. The number of hydrogen-bond donors (Lipinski definition) is 2. The zero-order chi connectivity index (χ0) is 15.4. The van der Waals surface area contributed by atoms with Crippen LogP contribution in [0.4, 0.5) is 4.39 Å². The summed E-state index contributed by atoms with van der Waals surface area (Å²) in [6.07, 6.45) is 1.52. The van der Waals surface area contributed by atoms with Crippen molar-refractivity contribution in [1.29, 1.82) is 0 Å². The molecule has 3 N–H and O–H groups in total. The molecule has 1 atom stereocenters. The third-order valence-electron chi connectivity index (χ3n) is 3.24. The molecule has 1 unspecified atom stereocenters. The molecule has 0 spiro atoms. The second-order valence-corrected chi connectivity index (χ2v) is 5.13. The lowest BCUT2D eigenvalue weighted by molar-refractivity contribution is 0.182. The van der Waals surface area contributed by atoms with Crippen molar-refractivity contribution in [3.8, 4) is 0 Å². The van der Waals surface area contributed by atoms with E-state index in [2.05, 4.69) is 10.5 Å². The van der Waals surface area contributed by atoms with Gasteiger partial charge in [-0.25, -0.2) is 9.82 Å². The van der Waals surface area contributed by atoms with Gasteiger partial charge in [0.2, 0.25) is 0 Å². The van der Waals surface area contributed by atoms with Crippen LogP contribution >= 0.6 is 11.6 Å². The molecular formula is C14H18ClFN4O. The van der Waals surface area contributed by atoms with Gasteiger partial charge in [0.25, 0.3) is 0 Å². The average Bonchev–Trinajstić information content (AvgIpc) is 2.83. The first kappa shape index (κ1) is 15.9. The predicted octanol–water partition coefficient (Wildman–Crippen LogP) is 2.18. The molecule has 1 aromatic carbocycles. The van der Waals surface area contributed by atoms with Crippen LogP contribution in [0.3, 0.4) is 0 Å². The van der Waals surface area contributed by atoms with E-state index in [1.807, 2.05) is 6.92 Å². The van der Waals surface area contributed by atoms with Crippen molar-refractivity contribution in [1.82, 2.24) is 15.2 Å². The average molecular weight is 313 g/mol. The second-order valence-electron chi connectivity index (χ2n) is 4.72. The van der Waals surface area contributed by atoms with Crippen molar-refractivity contribution >= 4 is 11.6 Å². The highest BCUT2D eigenvalue weighted by molar-refractivity contribution is 6.31. The topological polar surface area (TPSA) is 65.1 Å². The molecule has 2 rings (SSSR count). The van der Waals surface area contributed by atoms with Gasteiger partial charge in [-0.2, -0.15) is 5.10 Å². The van der Waals surface area contributed by atoms with Crippen LogP contribution in [0, 0.1) is 12.7 Å². The Bertz CT molecular complexity index is 617. The summed E-state index contributed by atoms with van der Waals surface area (Å²) in [7, 11) is 1.60. The fourth-order valence-corrected chi connectivity index (χ4v) is 2.47. The van der Waals surface area contributed by atoms with Crippen molar-refractivity contribution in [2.45, 2.75) is 19.5 Å². The number of ether oxygens (including phenoxy) is 1. The van der Waals surface area contributed by atoms with E-state index in [0.717, 1.165) is 5.56 Å². The Morgan fingerprint density at radius 2 is 2.29 bits per heavy atom. The molecule has 1 aromatic heterocycles. The van der Waals surface area contributed by atoms with Crippen LogP contribution in [0.25, 0.3) is 0 Å². The number of methoxy groups -OCH3 is 1. The third-order valence-corrected chi connectivity index (χ3v) is 3.53. The van der Waals surface area contributed by atoms with Gasteiger partial charge in [0.1, 0.15) is 5.82 Å². The summed E-state index contributed by atoms with van der Waals surface area (Å²) in [5.41, 5.74) is 4.60. The summed E-state index contributed by atoms with van der Waals surface area (Å²) in [4.78, 5) is 0. The molecule has 0 saturated carbocycles. The van der Waals surface area contributed by atoms with E-state index in [-0.39, 0.29) is 5.82 Å². The minimum absolute atomic E-state index is 0.348. The Morgan fingerprint density at radius 1 is 1.52 bits per heavy atom. The molecule has 5 nitrogen and oxygen atoms in total. The Morgan fingerprint density at radius 3 is 2.95 bits per heavy atom. The van der Waals surface area contributed by atoms with E-state index in [4.69, 9.17) is 22.2 Å². The van der Waals surface area contributed by atoms with Crippen molar-refractivity contribution in [2.24, 2.45) is 5.84 Å². The highest BCUT2D eigenvalue weighted by Crippen LogP contribution is 2.29. The first-order chi connectivity index (χ1) is 10.1. The Labute approximate surface area is 127 Å². The van der Waals surface area contributed by atoms with E-state index >= 15 is 0 Å². The van der Waals surface area contributed by atoms with E-state index in [0.29, 0.717) is 29.4 Å². The quantitative estimate of drug-likeness (QED) is 0.634. The van der Waals surface area contributed by atoms with Crippen LogP contribution in [-0.2, 0) is 11.3 Å². The minimum Gasteiger partial charge on any atom is -0.383 e. The van der Waals surface area contributed by atoms with Gasteiger partial charge in [-0.1, -0.05) is 29.3 Å². The molecular weight excluding hydrogens is 295 g/mol. The Hall–Kier alpha value is -1.47. The van der Waals surface area contributed by atoms with Crippen molar-refractivity contribution < 1.29 is 9.13 Å². The number of halogens is 2. The number of nitrogens with one attached hydrogen (secondary N) is 1. The molecule has 1 heterocycles. The zero-order valence-corrected chi connectivity index (χ0v) is 12.7. The maximum Gasteiger partial charge on any atom is 0.128 e. The fourth-order valence-electron chi connectivity index (χ4n) is 2.22. The van der Waals surface area contributed by atoms with Crippen LogP contribution in [0.15, 0.2) is 24.4 Å². The van der Waals surface area contributed by atoms with Crippen LogP contribution in [0.2, 0.25) is 5.02 Å². The van der Waals surface area contributed by atoms with Gasteiger partial charge in [-0.15, -0.1) is 0 Å². The first-order valence-corrected chi connectivity index (χ1v) is 6.88. The summed E-state index contributed by atoms with van der Waals surface area (Å²) in [6, 6.07) is 4.27. The number of aromatic nitrogens is 2. The van der Waals surface area contributed by atoms with Gasteiger partial charge in [0, 0.05) is 12.7 Å². The molecule has 0 bridgehead atoms. The number of benzene rings is 1. The molecule has 21 heavy (non-hydrogen) atoms. The van der Waals surface area contributed by atoms with Gasteiger partial charge in [-0.05, 0) is 13.0 Å². The fraction of sp³-hybridized carbons (Fsp3) is 0.357. The number of nitrogens with zero attached hydrogens (tertiary/aromatic N) is 2. The first-order valence-electron chi connectivity index (χ1n) is 6.50. The number of hydrogen-bond acceptors (Lipinski definition) is 4. The van der Waals surface area contributed by atoms with Crippen molar-refractivity contribution in [2.75, 3.05) is 13.7 Å². The molecule has 0 amide bonds. The molecule has 114 valence electrons. The van der Waals surface area contributed by atoms with Crippen LogP contribution < -0.4 is 11.3 Å². The van der Waals surface area contributed by atoms with E-state index < -0.39 is 6.04 Å². The standard InChI is InChI=1S/C14H18ClFN4O/c1-9-3-4-12(16)10(7-9)13(19-17)14-11(15)8-18-20(14)5-6-21-2/h3-4,7-8,13,19H,5-6,17H2,1-2H3. The number of rotatable bonds is 6. The Kier molecular flexibility index (Phi) is 5.30. The van der Waals surface area contributed by atoms with Gasteiger partial charge >= 0.3 is 0 Å². The molecule has 0 aliphatic carbocycles.